The Morgan fingerprint density at radius 2 is 2.12 bits per heavy atom. The molecule has 0 bridgehead atoms. The molecule has 0 aliphatic carbocycles. The average molecular weight is 245 g/mol. The van der Waals surface area contributed by atoms with Gasteiger partial charge in [0.25, 0.3) is 0 Å². The van der Waals surface area contributed by atoms with Gasteiger partial charge in [0, 0.05) is 25.7 Å². The second-order valence-electron chi connectivity index (χ2n) is 4.93. The summed E-state index contributed by atoms with van der Waals surface area (Å²) in [5.74, 6) is -0.325. The molecular weight excluding hydrogens is 218 g/mol. The normalized spacial score (nSPS) is 15.2. The lowest BCUT2D eigenvalue weighted by atomic mass is 9.99. The molecule has 17 heavy (non-hydrogen) atoms. The van der Waals surface area contributed by atoms with Crippen LogP contribution in [0.15, 0.2) is 0 Å². The average Bonchev–Trinajstić information content (AvgIpc) is 2.16. The topological polar surface area (TPSA) is 67.6 Å². The van der Waals surface area contributed by atoms with Crippen LogP contribution in [0, 0.1) is 0 Å². The van der Waals surface area contributed by atoms with Gasteiger partial charge in [0.15, 0.2) is 0 Å². The van der Waals surface area contributed by atoms with Crippen molar-refractivity contribution < 1.29 is 9.53 Å². The van der Waals surface area contributed by atoms with Crippen LogP contribution in [-0.2, 0) is 9.53 Å². The highest BCUT2D eigenvalue weighted by atomic mass is 16.5. The lowest BCUT2D eigenvalue weighted by Gasteiger charge is -2.33. The van der Waals surface area contributed by atoms with Gasteiger partial charge < -0.3 is 20.7 Å². The molecule has 0 saturated carbocycles. The molecule has 0 aliphatic rings. The van der Waals surface area contributed by atoms with Crippen molar-refractivity contribution in [1.29, 1.82) is 0 Å². The van der Waals surface area contributed by atoms with Crippen LogP contribution in [0.5, 0.6) is 0 Å². The molecule has 0 aromatic heterocycles. The van der Waals surface area contributed by atoms with E-state index in [0.717, 1.165) is 6.54 Å². The zero-order valence-electron chi connectivity index (χ0n) is 11.7. The van der Waals surface area contributed by atoms with E-state index in [0.29, 0.717) is 19.8 Å². The minimum Gasteiger partial charge on any atom is -0.380 e. The number of nitrogens with two attached hydrogens (primary N) is 1. The second-order valence-corrected chi connectivity index (χ2v) is 4.93. The first kappa shape index (κ1) is 16.4. The summed E-state index contributed by atoms with van der Waals surface area (Å²) in [6, 6.07) is 0.216. The van der Waals surface area contributed by atoms with E-state index in [1.54, 1.807) is 0 Å². The van der Waals surface area contributed by atoms with E-state index in [9.17, 15) is 4.79 Å². The molecule has 5 nitrogen and oxygen atoms in total. The van der Waals surface area contributed by atoms with Crippen LogP contribution < -0.4 is 11.1 Å². The summed E-state index contributed by atoms with van der Waals surface area (Å²) in [6.07, 6.45) is 0. The maximum absolute atomic E-state index is 11.5. The Morgan fingerprint density at radius 1 is 1.53 bits per heavy atom. The third-order valence-corrected chi connectivity index (χ3v) is 2.56. The highest BCUT2D eigenvalue weighted by Gasteiger charge is 2.32. The molecule has 1 amide bonds. The molecule has 0 saturated heterocycles. The first-order chi connectivity index (χ1) is 7.81. The van der Waals surface area contributed by atoms with Crippen LogP contribution in [0.2, 0.25) is 0 Å². The largest absolute Gasteiger partial charge is 0.380 e. The molecule has 5 heteroatoms. The molecule has 1 unspecified atom stereocenters. The Hall–Kier alpha value is -0.650. The lowest BCUT2D eigenvalue weighted by Crippen LogP contribution is -2.61. The number of hydrogen-bond acceptors (Lipinski definition) is 4. The summed E-state index contributed by atoms with van der Waals surface area (Å²) in [7, 11) is 1.96. The number of nitrogens with zero attached hydrogens (tertiary/aromatic N) is 1. The third-order valence-electron chi connectivity index (χ3n) is 2.56. The fourth-order valence-electron chi connectivity index (χ4n) is 1.82. The van der Waals surface area contributed by atoms with Gasteiger partial charge in [-0.25, -0.2) is 0 Å². The Balaban J connectivity index is 4.28. The van der Waals surface area contributed by atoms with Crippen LogP contribution in [0.4, 0.5) is 0 Å². The Bertz CT molecular complexity index is 234. The highest BCUT2D eigenvalue weighted by Crippen LogP contribution is 2.07. The summed E-state index contributed by atoms with van der Waals surface area (Å²) < 4.78 is 5.28. The van der Waals surface area contributed by atoms with Crippen molar-refractivity contribution in [2.24, 2.45) is 5.73 Å². The van der Waals surface area contributed by atoms with E-state index in [2.05, 4.69) is 10.2 Å². The number of nitrogens with one attached hydrogen (secondary N) is 1. The van der Waals surface area contributed by atoms with E-state index in [4.69, 9.17) is 10.5 Å². The van der Waals surface area contributed by atoms with Crippen LogP contribution in [-0.4, -0.2) is 55.7 Å². The number of carbonyl (C=O) groups excluding carboxylic acids is 1. The first-order valence-corrected chi connectivity index (χ1v) is 6.15. The molecule has 0 rings (SSSR count). The van der Waals surface area contributed by atoms with Crippen LogP contribution in [0.1, 0.15) is 27.7 Å². The summed E-state index contributed by atoms with van der Waals surface area (Å²) >= 11 is 0. The second kappa shape index (κ2) is 7.63. The third kappa shape index (κ3) is 6.61. The minimum absolute atomic E-state index is 0.216. The van der Waals surface area contributed by atoms with E-state index >= 15 is 0 Å². The maximum Gasteiger partial charge on any atom is 0.238 e. The van der Waals surface area contributed by atoms with Gasteiger partial charge in [-0.1, -0.05) is 0 Å². The predicted molar refractivity (Wildman–Crippen MR) is 69.9 cm³/mol. The van der Waals surface area contributed by atoms with Crippen molar-refractivity contribution in [2.75, 3.05) is 33.4 Å². The van der Waals surface area contributed by atoms with E-state index in [-0.39, 0.29) is 11.9 Å². The highest BCUT2D eigenvalue weighted by molar-refractivity contribution is 5.84. The number of amides is 1. The molecule has 0 radical (unpaired) electrons. The molecule has 0 aromatic carbocycles. The van der Waals surface area contributed by atoms with Gasteiger partial charge in [-0.3, -0.25) is 4.79 Å². The van der Waals surface area contributed by atoms with Gasteiger partial charge in [0.1, 0.15) is 5.54 Å². The zero-order valence-corrected chi connectivity index (χ0v) is 11.7. The fraction of sp³-hybridized carbons (Fsp3) is 0.917. The molecule has 0 heterocycles. The zero-order chi connectivity index (χ0) is 13.5. The van der Waals surface area contributed by atoms with Crippen molar-refractivity contribution in [2.45, 2.75) is 39.3 Å². The van der Waals surface area contributed by atoms with Crippen LogP contribution in [0.3, 0.4) is 0 Å². The lowest BCUT2D eigenvalue weighted by molar-refractivity contribution is -0.124. The molecule has 0 aliphatic heterocycles. The number of likely N-dealkylation sites (N-methyl/N-ethyl adjacent to an activating group) is 1. The standard InChI is InChI=1S/C12H27N3O2/c1-6-17-8-7-15(5)9-12(4,11(13)16)14-10(2)3/h10,14H,6-9H2,1-5H3,(H2,13,16). The van der Waals surface area contributed by atoms with Crippen molar-refractivity contribution in [3.63, 3.8) is 0 Å². The molecule has 0 fully saturated rings. The van der Waals surface area contributed by atoms with Gasteiger partial charge in [0.2, 0.25) is 5.91 Å². The van der Waals surface area contributed by atoms with Gasteiger partial charge in [0.05, 0.1) is 6.61 Å². The smallest absolute Gasteiger partial charge is 0.238 e. The summed E-state index contributed by atoms with van der Waals surface area (Å²) in [4.78, 5) is 13.6. The molecule has 1 atom stereocenters. The van der Waals surface area contributed by atoms with Crippen molar-refractivity contribution in [3.8, 4) is 0 Å². The Kier molecular flexibility index (Phi) is 7.34. The van der Waals surface area contributed by atoms with Gasteiger partial charge in [-0.05, 0) is 34.7 Å². The van der Waals surface area contributed by atoms with Crippen molar-refractivity contribution in [3.05, 3.63) is 0 Å². The molecular formula is C12H27N3O2. The van der Waals surface area contributed by atoms with E-state index in [1.807, 2.05) is 34.7 Å². The van der Waals surface area contributed by atoms with Crippen molar-refractivity contribution in [1.82, 2.24) is 10.2 Å². The number of hydrogen-bond donors (Lipinski definition) is 2. The number of rotatable bonds is 9. The number of ether oxygens (including phenoxy) is 1. The number of primary amides is 1. The summed E-state index contributed by atoms with van der Waals surface area (Å²) in [6.45, 7) is 10.6. The summed E-state index contributed by atoms with van der Waals surface area (Å²) in [5, 5.41) is 3.22. The Labute approximate surface area is 105 Å². The molecule has 3 N–H and O–H groups in total. The minimum atomic E-state index is -0.699. The maximum atomic E-state index is 11.5. The van der Waals surface area contributed by atoms with Crippen molar-refractivity contribution >= 4 is 5.91 Å². The fourth-order valence-corrected chi connectivity index (χ4v) is 1.82. The number of carbonyl (C=O) groups is 1. The van der Waals surface area contributed by atoms with Crippen LogP contribution in [0.25, 0.3) is 0 Å². The molecule has 102 valence electrons. The Morgan fingerprint density at radius 3 is 2.53 bits per heavy atom. The SMILES string of the molecule is CCOCCN(C)CC(C)(NC(C)C)C(N)=O. The van der Waals surface area contributed by atoms with Gasteiger partial charge in [-0.15, -0.1) is 0 Å². The molecule has 0 spiro atoms. The van der Waals surface area contributed by atoms with E-state index < -0.39 is 5.54 Å². The summed E-state index contributed by atoms with van der Waals surface area (Å²) in [5.41, 5.74) is 4.76. The molecule has 0 aromatic rings. The van der Waals surface area contributed by atoms with Gasteiger partial charge in [-0.2, -0.15) is 0 Å². The first-order valence-electron chi connectivity index (χ1n) is 6.15. The monoisotopic (exact) mass is 245 g/mol. The quantitative estimate of drug-likeness (QED) is 0.569. The van der Waals surface area contributed by atoms with E-state index in [1.165, 1.54) is 0 Å². The van der Waals surface area contributed by atoms with Crippen LogP contribution >= 0.6 is 0 Å². The van der Waals surface area contributed by atoms with Gasteiger partial charge >= 0.3 is 0 Å². The predicted octanol–water partition coefficient (Wildman–Crippen LogP) is 0.197.